The van der Waals surface area contributed by atoms with E-state index in [0.29, 0.717) is 11.6 Å². The highest BCUT2D eigenvalue weighted by Gasteiger charge is 2.06. The molecule has 0 saturated carbocycles. The number of aryl methyl sites for hydroxylation is 1. The number of rotatable bonds is 3. The largest absolute Gasteiger partial charge is 0.380 e. The molecule has 1 N–H and O–H groups in total. The van der Waals surface area contributed by atoms with Crippen LogP contribution in [-0.2, 0) is 6.54 Å². The van der Waals surface area contributed by atoms with Crippen LogP contribution in [0.15, 0.2) is 48.7 Å². The standard InChI is InChI=1S/C17H14Cl2N2/c1-11-4-6-15(19)16(9-11)21-10-12-5-7-14(18)13-3-2-8-20-17(12)13/h2-9,21H,10H2,1H3. The molecule has 0 radical (unpaired) electrons. The number of hydrogen-bond acceptors (Lipinski definition) is 2. The van der Waals surface area contributed by atoms with E-state index in [-0.39, 0.29) is 0 Å². The van der Waals surface area contributed by atoms with Gasteiger partial charge in [0.25, 0.3) is 0 Å². The van der Waals surface area contributed by atoms with Crippen LogP contribution in [0.3, 0.4) is 0 Å². The van der Waals surface area contributed by atoms with Gasteiger partial charge in [-0.2, -0.15) is 0 Å². The van der Waals surface area contributed by atoms with Gasteiger partial charge in [-0.1, -0.05) is 35.3 Å². The topological polar surface area (TPSA) is 24.9 Å². The molecule has 3 aromatic rings. The Bertz CT molecular complexity index is 800. The number of aromatic nitrogens is 1. The zero-order chi connectivity index (χ0) is 14.8. The second-order valence-electron chi connectivity index (χ2n) is 4.94. The summed E-state index contributed by atoms with van der Waals surface area (Å²) in [7, 11) is 0. The van der Waals surface area contributed by atoms with Crippen molar-refractivity contribution in [2.75, 3.05) is 5.32 Å². The van der Waals surface area contributed by atoms with E-state index in [1.807, 2.05) is 49.4 Å². The summed E-state index contributed by atoms with van der Waals surface area (Å²) in [4.78, 5) is 4.44. The van der Waals surface area contributed by atoms with Crippen LogP contribution in [0.4, 0.5) is 5.69 Å². The Labute approximate surface area is 133 Å². The average Bonchev–Trinajstić information content (AvgIpc) is 2.50. The quantitative estimate of drug-likeness (QED) is 0.693. The Morgan fingerprint density at radius 1 is 1.05 bits per heavy atom. The molecule has 0 aliphatic carbocycles. The van der Waals surface area contributed by atoms with Gasteiger partial charge in [0.05, 0.1) is 16.2 Å². The van der Waals surface area contributed by atoms with Crippen LogP contribution in [0.25, 0.3) is 10.9 Å². The predicted molar refractivity (Wildman–Crippen MR) is 90.3 cm³/mol. The highest BCUT2D eigenvalue weighted by molar-refractivity contribution is 6.35. The van der Waals surface area contributed by atoms with Gasteiger partial charge >= 0.3 is 0 Å². The first kappa shape index (κ1) is 14.2. The summed E-state index contributed by atoms with van der Waals surface area (Å²) < 4.78 is 0. The van der Waals surface area contributed by atoms with E-state index in [1.165, 1.54) is 5.56 Å². The first-order valence-electron chi connectivity index (χ1n) is 6.67. The van der Waals surface area contributed by atoms with Crippen molar-refractivity contribution >= 4 is 39.8 Å². The summed E-state index contributed by atoms with van der Waals surface area (Å²) in [6, 6.07) is 13.7. The lowest BCUT2D eigenvalue weighted by Gasteiger charge is -2.11. The zero-order valence-electron chi connectivity index (χ0n) is 11.5. The molecule has 0 saturated heterocycles. The summed E-state index contributed by atoms with van der Waals surface area (Å²) in [6.07, 6.45) is 1.78. The highest BCUT2D eigenvalue weighted by Crippen LogP contribution is 2.27. The van der Waals surface area contributed by atoms with Crippen LogP contribution in [-0.4, -0.2) is 4.98 Å². The lowest BCUT2D eigenvalue weighted by molar-refractivity contribution is 1.15. The first-order valence-corrected chi connectivity index (χ1v) is 7.43. The summed E-state index contributed by atoms with van der Waals surface area (Å²) in [6.45, 7) is 2.69. The summed E-state index contributed by atoms with van der Waals surface area (Å²) in [5, 5.41) is 5.77. The molecule has 2 aromatic carbocycles. The van der Waals surface area contributed by atoms with Gasteiger partial charge in [-0.15, -0.1) is 0 Å². The zero-order valence-corrected chi connectivity index (χ0v) is 13.0. The van der Waals surface area contributed by atoms with E-state index in [2.05, 4.69) is 10.3 Å². The molecule has 3 rings (SSSR count). The number of hydrogen-bond donors (Lipinski definition) is 1. The minimum atomic E-state index is 0.647. The van der Waals surface area contributed by atoms with Crippen molar-refractivity contribution in [2.24, 2.45) is 0 Å². The van der Waals surface area contributed by atoms with Crippen molar-refractivity contribution in [2.45, 2.75) is 13.5 Å². The minimum Gasteiger partial charge on any atom is -0.380 e. The summed E-state index contributed by atoms with van der Waals surface area (Å²) in [5.74, 6) is 0. The molecule has 106 valence electrons. The van der Waals surface area contributed by atoms with Crippen molar-refractivity contribution in [3.63, 3.8) is 0 Å². The summed E-state index contributed by atoms with van der Waals surface area (Å²) >= 11 is 12.4. The maximum Gasteiger partial charge on any atom is 0.0766 e. The Balaban J connectivity index is 1.92. The van der Waals surface area contributed by atoms with Gasteiger partial charge in [-0.3, -0.25) is 4.98 Å². The van der Waals surface area contributed by atoms with Crippen molar-refractivity contribution in [1.82, 2.24) is 4.98 Å². The number of benzene rings is 2. The lowest BCUT2D eigenvalue weighted by Crippen LogP contribution is -2.02. The SMILES string of the molecule is Cc1ccc(Cl)c(NCc2ccc(Cl)c3cccnc23)c1. The van der Waals surface area contributed by atoms with Crippen molar-refractivity contribution in [3.05, 3.63) is 69.8 Å². The van der Waals surface area contributed by atoms with Crippen LogP contribution in [0, 0.1) is 6.92 Å². The fourth-order valence-electron chi connectivity index (χ4n) is 2.30. The van der Waals surface area contributed by atoms with Gasteiger partial charge in [0.15, 0.2) is 0 Å². The molecule has 0 spiro atoms. The Morgan fingerprint density at radius 2 is 1.86 bits per heavy atom. The number of nitrogens with one attached hydrogen (secondary N) is 1. The fraction of sp³-hybridized carbons (Fsp3) is 0.118. The van der Waals surface area contributed by atoms with Crippen molar-refractivity contribution in [1.29, 1.82) is 0 Å². The van der Waals surface area contributed by atoms with E-state index >= 15 is 0 Å². The van der Waals surface area contributed by atoms with Crippen LogP contribution in [0.1, 0.15) is 11.1 Å². The van der Waals surface area contributed by atoms with Crippen LogP contribution in [0.5, 0.6) is 0 Å². The number of pyridine rings is 1. The predicted octanol–water partition coefficient (Wildman–Crippen LogP) is 5.46. The number of nitrogens with zero attached hydrogens (tertiary/aromatic N) is 1. The van der Waals surface area contributed by atoms with Gasteiger partial charge in [-0.25, -0.2) is 0 Å². The molecule has 1 aromatic heterocycles. The van der Waals surface area contributed by atoms with E-state index in [4.69, 9.17) is 23.2 Å². The Kier molecular flexibility index (Phi) is 4.00. The van der Waals surface area contributed by atoms with E-state index in [1.54, 1.807) is 6.20 Å². The van der Waals surface area contributed by atoms with Gasteiger partial charge < -0.3 is 5.32 Å². The van der Waals surface area contributed by atoms with Gasteiger partial charge in [0.2, 0.25) is 0 Å². The smallest absolute Gasteiger partial charge is 0.0766 e. The molecule has 2 nitrogen and oxygen atoms in total. The number of anilines is 1. The molecule has 1 heterocycles. The molecular weight excluding hydrogens is 303 g/mol. The lowest BCUT2D eigenvalue weighted by atomic mass is 10.1. The van der Waals surface area contributed by atoms with Crippen LogP contribution >= 0.6 is 23.2 Å². The fourth-order valence-corrected chi connectivity index (χ4v) is 2.70. The average molecular weight is 317 g/mol. The van der Waals surface area contributed by atoms with E-state index in [0.717, 1.165) is 27.2 Å². The molecule has 0 amide bonds. The molecule has 0 fully saturated rings. The molecule has 21 heavy (non-hydrogen) atoms. The van der Waals surface area contributed by atoms with Crippen molar-refractivity contribution in [3.8, 4) is 0 Å². The van der Waals surface area contributed by atoms with E-state index < -0.39 is 0 Å². The van der Waals surface area contributed by atoms with Crippen LogP contribution < -0.4 is 5.32 Å². The van der Waals surface area contributed by atoms with Crippen LogP contribution in [0.2, 0.25) is 10.0 Å². The van der Waals surface area contributed by atoms with Gasteiger partial charge in [0, 0.05) is 23.2 Å². The maximum absolute atomic E-state index is 6.21. The molecule has 0 atom stereocenters. The number of halogens is 2. The van der Waals surface area contributed by atoms with Crippen molar-refractivity contribution < 1.29 is 0 Å². The second-order valence-corrected chi connectivity index (χ2v) is 5.76. The molecule has 0 aliphatic rings. The number of fused-ring (bicyclic) bond motifs is 1. The monoisotopic (exact) mass is 316 g/mol. The molecule has 0 bridgehead atoms. The maximum atomic E-state index is 6.21. The Morgan fingerprint density at radius 3 is 2.71 bits per heavy atom. The highest BCUT2D eigenvalue weighted by atomic mass is 35.5. The van der Waals surface area contributed by atoms with Gasteiger partial charge in [0.1, 0.15) is 0 Å². The minimum absolute atomic E-state index is 0.647. The third-order valence-corrected chi connectivity index (χ3v) is 4.05. The third kappa shape index (κ3) is 2.97. The van der Waals surface area contributed by atoms with E-state index in [9.17, 15) is 0 Å². The molecular formula is C17H14Cl2N2. The van der Waals surface area contributed by atoms with Gasteiger partial charge in [-0.05, 0) is 48.4 Å². The first-order chi connectivity index (χ1) is 10.1. The Hall–Kier alpha value is -1.77. The molecule has 0 unspecified atom stereocenters. The summed E-state index contributed by atoms with van der Waals surface area (Å²) in [5.41, 5.74) is 4.10. The molecule has 4 heteroatoms. The third-order valence-electron chi connectivity index (χ3n) is 3.39. The molecule has 0 aliphatic heterocycles. The normalized spacial score (nSPS) is 10.8. The second kappa shape index (κ2) is 5.92.